The first-order chi connectivity index (χ1) is 13.0. The van der Waals surface area contributed by atoms with Crippen LogP contribution in [0.5, 0.6) is 0 Å². The number of para-hydroxylation sites is 1. The third kappa shape index (κ3) is 3.35. The quantitative estimate of drug-likeness (QED) is 0.846. The maximum absolute atomic E-state index is 12.9. The van der Waals surface area contributed by atoms with Crippen LogP contribution in [-0.2, 0) is 16.6 Å². The van der Waals surface area contributed by atoms with E-state index >= 15 is 0 Å². The summed E-state index contributed by atoms with van der Waals surface area (Å²) >= 11 is 0. The standard InChI is InChI=1S/C20H25N5O2/c1-13-8-18(20(27)25(13)15-6-4-3-5-7-15)23-19(26)17-11-21-10-16(17)14-9-22-24(2)12-14/h3-7,9,12-13,16-18,21H,8,10-11H2,1-2H3,(H,23,26)/t13?,16-,17+,18?/m1/s1. The van der Waals surface area contributed by atoms with E-state index in [2.05, 4.69) is 15.7 Å². The van der Waals surface area contributed by atoms with Gasteiger partial charge < -0.3 is 15.5 Å². The molecule has 27 heavy (non-hydrogen) atoms. The normalized spacial score (nSPS) is 27.9. The molecule has 2 amide bonds. The van der Waals surface area contributed by atoms with Crippen molar-refractivity contribution < 1.29 is 9.59 Å². The minimum atomic E-state index is -0.470. The fourth-order valence-electron chi connectivity index (χ4n) is 4.24. The maximum atomic E-state index is 12.9. The van der Waals surface area contributed by atoms with Crippen molar-refractivity contribution in [1.29, 1.82) is 0 Å². The van der Waals surface area contributed by atoms with E-state index < -0.39 is 6.04 Å². The van der Waals surface area contributed by atoms with E-state index in [9.17, 15) is 9.59 Å². The van der Waals surface area contributed by atoms with E-state index in [1.165, 1.54) is 0 Å². The molecule has 0 aliphatic carbocycles. The molecule has 2 N–H and O–H groups in total. The molecule has 4 rings (SSSR count). The molecular weight excluding hydrogens is 342 g/mol. The summed E-state index contributed by atoms with van der Waals surface area (Å²) in [7, 11) is 1.87. The zero-order chi connectivity index (χ0) is 19.0. The number of nitrogens with one attached hydrogen (secondary N) is 2. The average molecular weight is 367 g/mol. The first kappa shape index (κ1) is 17.7. The molecule has 3 heterocycles. The number of hydrogen-bond acceptors (Lipinski definition) is 4. The third-order valence-electron chi connectivity index (χ3n) is 5.61. The lowest BCUT2D eigenvalue weighted by Crippen LogP contribution is -2.45. The van der Waals surface area contributed by atoms with Gasteiger partial charge in [-0.15, -0.1) is 0 Å². The lowest BCUT2D eigenvalue weighted by molar-refractivity contribution is -0.129. The van der Waals surface area contributed by atoms with E-state index in [-0.39, 0.29) is 29.7 Å². The van der Waals surface area contributed by atoms with Crippen LogP contribution in [0.25, 0.3) is 0 Å². The number of benzene rings is 1. The number of hydrogen-bond donors (Lipinski definition) is 2. The Hall–Kier alpha value is -2.67. The highest BCUT2D eigenvalue weighted by molar-refractivity contribution is 6.02. The summed E-state index contributed by atoms with van der Waals surface area (Å²) in [4.78, 5) is 27.6. The zero-order valence-corrected chi connectivity index (χ0v) is 15.6. The van der Waals surface area contributed by atoms with Gasteiger partial charge in [-0.25, -0.2) is 0 Å². The highest BCUT2D eigenvalue weighted by atomic mass is 16.2. The van der Waals surface area contributed by atoms with Gasteiger partial charge in [-0.1, -0.05) is 18.2 Å². The van der Waals surface area contributed by atoms with Gasteiger partial charge in [0.15, 0.2) is 0 Å². The summed E-state index contributed by atoms with van der Waals surface area (Å²) in [6, 6.07) is 9.22. The van der Waals surface area contributed by atoms with Gasteiger partial charge in [0.2, 0.25) is 11.8 Å². The monoisotopic (exact) mass is 367 g/mol. The molecule has 1 aromatic carbocycles. The van der Waals surface area contributed by atoms with E-state index in [0.717, 1.165) is 17.8 Å². The van der Waals surface area contributed by atoms with Crippen molar-refractivity contribution in [2.45, 2.75) is 31.3 Å². The Labute approximate surface area is 158 Å². The molecule has 0 saturated carbocycles. The zero-order valence-electron chi connectivity index (χ0n) is 15.6. The fraction of sp³-hybridized carbons (Fsp3) is 0.450. The van der Waals surface area contributed by atoms with Crippen LogP contribution in [-0.4, -0.2) is 46.8 Å². The second-order valence-electron chi connectivity index (χ2n) is 7.51. The van der Waals surface area contributed by atoms with Gasteiger partial charge in [-0.05, 0) is 31.0 Å². The number of rotatable bonds is 4. The van der Waals surface area contributed by atoms with Crippen molar-refractivity contribution in [3.05, 3.63) is 48.3 Å². The number of aryl methyl sites for hydroxylation is 1. The SMILES string of the molecule is CC1CC(NC(=O)[C@H]2CNC[C@@H]2c2cnn(C)c2)C(=O)N1c1ccccc1. The van der Waals surface area contributed by atoms with Crippen molar-refractivity contribution in [1.82, 2.24) is 20.4 Å². The van der Waals surface area contributed by atoms with Crippen molar-refractivity contribution in [2.75, 3.05) is 18.0 Å². The van der Waals surface area contributed by atoms with Gasteiger partial charge in [0.25, 0.3) is 0 Å². The predicted molar refractivity (Wildman–Crippen MR) is 102 cm³/mol. The van der Waals surface area contributed by atoms with Crippen LogP contribution in [0.1, 0.15) is 24.8 Å². The second-order valence-corrected chi connectivity index (χ2v) is 7.51. The molecule has 1 aromatic heterocycles. The second kappa shape index (κ2) is 7.15. The van der Waals surface area contributed by atoms with Crippen molar-refractivity contribution in [2.24, 2.45) is 13.0 Å². The molecule has 7 heteroatoms. The molecule has 7 nitrogen and oxygen atoms in total. The molecule has 2 unspecified atom stereocenters. The summed E-state index contributed by atoms with van der Waals surface area (Å²) in [5.74, 6) is -0.207. The summed E-state index contributed by atoms with van der Waals surface area (Å²) in [5, 5.41) is 10.5. The van der Waals surface area contributed by atoms with Crippen molar-refractivity contribution in [3.63, 3.8) is 0 Å². The lowest BCUT2D eigenvalue weighted by atomic mass is 9.90. The molecule has 142 valence electrons. The van der Waals surface area contributed by atoms with Gasteiger partial charge in [0.1, 0.15) is 6.04 Å². The van der Waals surface area contributed by atoms with E-state index in [1.807, 2.05) is 56.7 Å². The molecule has 2 fully saturated rings. The summed E-state index contributed by atoms with van der Waals surface area (Å²) < 4.78 is 1.75. The molecule has 0 spiro atoms. The summed E-state index contributed by atoms with van der Waals surface area (Å²) in [6.45, 7) is 3.38. The number of nitrogens with zero attached hydrogens (tertiary/aromatic N) is 3. The van der Waals surface area contributed by atoms with Crippen LogP contribution in [0.15, 0.2) is 42.7 Å². The van der Waals surface area contributed by atoms with Crippen molar-refractivity contribution in [3.8, 4) is 0 Å². The highest BCUT2D eigenvalue weighted by Crippen LogP contribution is 2.30. The van der Waals surface area contributed by atoms with Gasteiger partial charge in [-0.3, -0.25) is 14.3 Å². The largest absolute Gasteiger partial charge is 0.344 e. The summed E-state index contributed by atoms with van der Waals surface area (Å²) in [6.07, 6.45) is 4.40. The third-order valence-corrected chi connectivity index (χ3v) is 5.61. The van der Waals surface area contributed by atoms with Crippen LogP contribution >= 0.6 is 0 Å². The smallest absolute Gasteiger partial charge is 0.249 e. The Morgan fingerprint density at radius 3 is 2.74 bits per heavy atom. The molecule has 2 saturated heterocycles. The lowest BCUT2D eigenvalue weighted by Gasteiger charge is -2.22. The van der Waals surface area contributed by atoms with Gasteiger partial charge >= 0.3 is 0 Å². The van der Waals surface area contributed by atoms with Crippen LogP contribution in [0.4, 0.5) is 5.69 Å². The average Bonchev–Trinajstić information content (AvgIpc) is 3.36. The molecule has 2 aromatic rings. The number of carbonyl (C=O) groups is 2. The number of carbonyl (C=O) groups excluding carboxylic acids is 2. The van der Waals surface area contributed by atoms with Crippen LogP contribution in [0.3, 0.4) is 0 Å². The van der Waals surface area contributed by atoms with Crippen LogP contribution in [0, 0.1) is 5.92 Å². The first-order valence-electron chi connectivity index (χ1n) is 9.42. The van der Waals surface area contributed by atoms with E-state index in [1.54, 1.807) is 9.58 Å². The minimum absolute atomic E-state index is 0.0362. The number of anilines is 1. The molecule has 0 bridgehead atoms. The van der Waals surface area contributed by atoms with Crippen LogP contribution < -0.4 is 15.5 Å². The molecule has 0 radical (unpaired) electrons. The Bertz CT molecular complexity index is 834. The predicted octanol–water partition coefficient (Wildman–Crippen LogP) is 1.03. The number of amides is 2. The maximum Gasteiger partial charge on any atom is 0.249 e. The van der Waals surface area contributed by atoms with Gasteiger partial charge in [0, 0.05) is 44.0 Å². The Balaban J connectivity index is 1.46. The highest BCUT2D eigenvalue weighted by Gasteiger charge is 2.41. The summed E-state index contributed by atoms with van der Waals surface area (Å²) in [5.41, 5.74) is 1.93. The molecule has 2 aliphatic rings. The van der Waals surface area contributed by atoms with E-state index in [4.69, 9.17) is 0 Å². The Morgan fingerprint density at radius 1 is 1.26 bits per heavy atom. The minimum Gasteiger partial charge on any atom is -0.344 e. The van der Waals surface area contributed by atoms with E-state index in [0.29, 0.717) is 13.0 Å². The van der Waals surface area contributed by atoms with Crippen LogP contribution in [0.2, 0.25) is 0 Å². The molecular formula is C20H25N5O2. The topological polar surface area (TPSA) is 79.3 Å². The number of aromatic nitrogens is 2. The van der Waals surface area contributed by atoms with Gasteiger partial charge in [0.05, 0.1) is 12.1 Å². The van der Waals surface area contributed by atoms with Gasteiger partial charge in [-0.2, -0.15) is 5.10 Å². The first-order valence-corrected chi connectivity index (χ1v) is 9.42. The van der Waals surface area contributed by atoms with Crippen molar-refractivity contribution >= 4 is 17.5 Å². The Kier molecular flexibility index (Phi) is 4.70. The fourth-order valence-corrected chi connectivity index (χ4v) is 4.24. The molecule has 2 aliphatic heterocycles. The Morgan fingerprint density at radius 2 is 2.04 bits per heavy atom. The molecule has 4 atom stereocenters.